The summed E-state index contributed by atoms with van der Waals surface area (Å²) in [6.07, 6.45) is 0. The van der Waals surface area contributed by atoms with Crippen LogP contribution in [0, 0.1) is 0 Å². The number of fused-ring (bicyclic) bond motifs is 12. The van der Waals surface area contributed by atoms with E-state index in [-0.39, 0.29) is 0 Å². The Morgan fingerprint density at radius 2 is 1.08 bits per heavy atom. The lowest BCUT2D eigenvalue weighted by Crippen LogP contribution is -1.94. The van der Waals surface area contributed by atoms with Crippen LogP contribution in [-0.2, 0) is 0 Å². The SMILES string of the molecule is c1ccc2c(c1)ccc1ccc(-n3c4ccccc4c4ccc5c(sc6ccc7ccccc7c65)c43)cc12. The number of hydrogen-bond acceptors (Lipinski definition) is 1. The first-order valence-corrected chi connectivity index (χ1v) is 13.8. The van der Waals surface area contributed by atoms with Gasteiger partial charge in [0.25, 0.3) is 0 Å². The van der Waals surface area contributed by atoms with E-state index < -0.39 is 0 Å². The Labute approximate surface area is 222 Å². The van der Waals surface area contributed by atoms with Crippen LogP contribution in [0.2, 0.25) is 0 Å². The molecule has 0 bridgehead atoms. The van der Waals surface area contributed by atoms with Gasteiger partial charge < -0.3 is 4.57 Å². The second-order valence-electron chi connectivity index (χ2n) is 10.1. The largest absolute Gasteiger partial charge is 0.308 e. The zero-order valence-corrected chi connectivity index (χ0v) is 21.3. The molecule has 176 valence electrons. The molecule has 0 atom stereocenters. The Kier molecular flexibility index (Phi) is 3.99. The Morgan fingerprint density at radius 3 is 1.95 bits per heavy atom. The van der Waals surface area contributed by atoms with Gasteiger partial charge in [-0.25, -0.2) is 0 Å². The summed E-state index contributed by atoms with van der Waals surface area (Å²) in [5.41, 5.74) is 3.75. The van der Waals surface area contributed by atoms with Crippen LogP contribution >= 0.6 is 11.3 Å². The highest BCUT2D eigenvalue weighted by Gasteiger charge is 2.19. The van der Waals surface area contributed by atoms with Crippen molar-refractivity contribution in [2.24, 2.45) is 0 Å². The van der Waals surface area contributed by atoms with Crippen LogP contribution in [0.1, 0.15) is 0 Å². The highest BCUT2D eigenvalue weighted by atomic mass is 32.1. The molecule has 0 fully saturated rings. The summed E-state index contributed by atoms with van der Waals surface area (Å²) in [5.74, 6) is 0. The van der Waals surface area contributed by atoms with E-state index in [0.717, 1.165) is 0 Å². The average Bonchev–Trinajstić information content (AvgIpc) is 3.53. The Balaban J connectivity index is 1.47. The highest BCUT2D eigenvalue weighted by Crippen LogP contribution is 2.45. The molecule has 2 aromatic heterocycles. The fraction of sp³-hybridized carbons (Fsp3) is 0. The van der Waals surface area contributed by atoms with Gasteiger partial charge >= 0.3 is 0 Å². The maximum atomic E-state index is 2.49. The van der Waals surface area contributed by atoms with Crippen LogP contribution in [0.3, 0.4) is 0 Å². The minimum Gasteiger partial charge on any atom is -0.308 e. The van der Waals surface area contributed by atoms with E-state index in [1.807, 2.05) is 11.3 Å². The van der Waals surface area contributed by atoms with Gasteiger partial charge in [-0.15, -0.1) is 11.3 Å². The molecule has 0 spiro atoms. The second-order valence-corrected chi connectivity index (χ2v) is 11.2. The Hall–Kier alpha value is -4.66. The summed E-state index contributed by atoms with van der Waals surface area (Å²) in [6.45, 7) is 0. The van der Waals surface area contributed by atoms with E-state index >= 15 is 0 Å². The summed E-state index contributed by atoms with van der Waals surface area (Å²) < 4.78 is 5.18. The van der Waals surface area contributed by atoms with Gasteiger partial charge in [0.2, 0.25) is 0 Å². The van der Waals surface area contributed by atoms with Crippen LogP contribution in [0.4, 0.5) is 0 Å². The van der Waals surface area contributed by atoms with Crippen molar-refractivity contribution >= 4 is 85.6 Å². The van der Waals surface area contributed by atoms with Crippen LogP contribution in [0.25, 0.3) is 80.0 Å². The molecule has 1 nitrogen and oxygen atoms in total. The molecule has 38 heavy (non-hydrogen) atoms. The van der Waals surface area contributed by atoms with E-state index in [0.29, 0.717) is 0 Å². The van der Waals surface area contributed by atoms with Crippen molar-refractivity contribution in [1.29, 1.82) is 0 Å². The van der Waals surface area contributed by atoms with Gasteiger partial charge in [0, 0.05) is 31.9 Å². The molecule has 0 saturated heterocycles. The summed E-state index contributed by atoms with van der Waals surface area (Å²) in [6, 6.07) is 46.9. The van der Waals surface area contributed by atoms with Crippen LogP contribution in [0.5, 0.6) is 0 Å². The minimum atomic E-state index is 1.20. The van der Waals surface area contributed by atoms with E-state index in [1.54, 1.807) is 0 Å². The molecular weight excluding hydrogens is 478 g/mol. The zero-order chi connectivity index (χ0) is 24.8. The minimum absolute atomic E-state index is 1.20. The average molecular weight is 500 g/mol. The van der Waals surface area contributed by atoms with Crippen LogP contribution < -0.4 is 0 Å². The smallest absolute Gasteiger partial charge is 0.0719 e. The highest BCUT2D eigenvalue weighted by molar-refractivity contribution is 7.26. The Morgan fingerprint density at radius 1 is 0.447 bits per heavy atom. The van der Waals surface area contributed by atoms with Crippen molar-refractivity contribution in [3.8, 4) is 5.69 Å². The third-order valence-electron chi connectivity index (χ3n) is 8.15. The maximum absolute atomic E-state index is 2.49. The van der Waals surface area contributed by atoms with Crippen molar-refractivity contribution in [3.63, 3.8) is 0 Å². The number of thiophene rings is 1. The summed E-state index contributed by atoms with van der Waals surface area (Å²) in [5, 5.41) is 13.1. The van der Waals surface area contributed by atoms with Gasteiger partial charge in [0.15, 0.2) is 0 Å². The molecule has 9 rings (SSSR count). The van der Waals surface area contributed by atoms with E-state index in [4.69, 9.17) is 0 Å². The van der Waals surface area contributed by atoms with Gasteiger partial charge in [-0.1, -0.05) is 103 Å². The van der Waals surface area contributed by atoms with Gasteiger partial charge in [0.1, 0.15) is 0 Å². The third-order valence-corrected chi connectivity index (χ3v) is 9.33. The molecule has 2 heterocycles. The number of benzene rings is 7. The Bertz CT molecular complexity index is 2400. The lowest BCUT2D eigenvalue weighted by atomic mass is 10.0. The fourth-order valence-electron chi connectivity index (χ4n) is 6.45. The molecule has 9 aromatic rings. The van der Waals surface area contributed by atoms with E-state index in [1.165, 1.54) is 80.0 Å². The summed E-state index contributed by atoms with van der Waals surface area (Å²) in [7, 11) is 0. The van der Waals surface area contributed by atoms with Gasteiger partial charge in [-0.2, -0.15) is 0 Å². The van der Waals surface area contributed by atoms with Crippen LogP contribution in [0.15, 0.2) is 127 Å². The topological polar surface area (TPSA) is 4.93 Å². The van der Waals surface area contributed by atoms with E-state index in [2.05, 4.69) is 132 Å². The lowest BCUT2D eigenvalue weighted by Gasteiger charge is -2.11. The van der Waals surface area contributed by atoms with Gasteiger partial charge in [-0.05, 0) is 56.6 Å². The molecule has 0 saturated carbocycles. The number of hydrogen-bond donors (Lipinski definition) is 0. The molecule has 2 heteroatoms. The summed E-state index contributed by atoms with van der Waals surface area (Å²) in [4.78, 5) is 0. The maximum Gasteiger partial charge on any atom is 0.0719 e. The fourth-order valence-corrected chi connectivity index (χ4v) is 7.71. The quantitative estimate of drug-likeness (QED) is 0.198. The van der Waals surface area contributed by atoms with Crippen molar-refractivity contribution in [3.05, 3.63) is 127 Å². The molecule has 0 aliphatic rings. The predicted molar refractivity (Wildman–Crippen MR) is 166 cm³/mol. The standard InChI is InChI=1S/C36H21NS/c1-3-9-26-22(7-1)13-14-24-15-17-25(21-31(24)26)37-32-12-6-5-11-28(32)29-18-19-30-34-27-10-4-2-8-23(27)16-20-33(34)38-36(30)35(29)37/h1-21H. The first-order valence-electron chi connectivity index (χ1n) is 13.0. The normalized spacial score (nSPS) is 12.2. The molecule has 7 aromatic carbocycles. The summed E-state index contributed by atoms with van der Waals surface area (Å²) >= 11 is 1.92. The number of nitrogens with zero attached hydrogens (tertiary/aromatic N) is 1. The van der Waals surface area contributed by atoms with Crippen molar-refractivity contribution in [2.75, 3.05) is 0 Å². The second kappa shape index (κ2) is 7.44. The molecular formula is C36H21NS. The van der Waals surface area contributed by atoms with Crippen molar-refractivity contribution < 1.29 is 0 Å². The first kappa shape index (κ1) is 20.4. The molecule has 0 unspecified atom stereocenters. The molecule has 0 amide bonds. The number of rotatable bonds is 1. The molecule has 0 radical (unpaired) electrons. The molecule has 0 aliphatic carbocycles. The van der Waals surface area contributed by atoms with E-state index in [9.17, 15) is 0 Å². The number of aromatic nitrogens is 1. The zero-order valence-electron chi connectivity index (χ0n) is 20.5. The monoisotopic (exact) mass is 499 g/mol. The van der Waals surface area contributed by atoms with Crippen molar-refractivity contribution in [1.82, 2.24) is 4.57 Å². The first-order chi connectivity index (χ1) is 18.8. The number of para-hydroxylation sites is 1. The van der Waals surface area contributed by atoms with Gasteiger partial charge in [0.05, 0.1) is 15.7 Å². The molecule has 0 aliphatic heterocycles. The van der Waals surface area contributed by atoms with Crippen molar-refractivity contribution in [2.45, 2.75) is 0 Å². The lowest BCUT2D eigenvalue weighted by molar-refractivity contribution is 1.19. The third kappa shape index (κ3) is 2.65. The van der Waals surface area contributed by atoms with Gasteiger partial charge in [-0.3, -0.25) is 0 Å². The molecule has 0 N–H and O–H groups in total. The predicted octanol–water partition coefficient (Wildman–Crippen LogP) is 10.6. The van der Waals surface area contributed by atoms with Crippen LogP contribution in [-0.4, -0.2) is 4.57 Å².